The van der Waals surface area contributed by atoms with E-state index in [0.717, 1.165) is 0 Å². The van der Waals surface area contributed by atoms with Crippen molar-refractivity contribution in [3.63, 3.8) is 0 Å². The Labute approximate surface area is 80.1 Å². The van der Waals surface area contributed by atoms with E-state index in [-0.39, 0.29) is 17.9 Å². The minimum Gasteiger partial charge on any atom is -0.481 e. The molecule has 3 nitrogen and oxygen atoms in total. The Morgan fingerprint density at radius 1 is 1.31 bits per heavy atom. The van der Waals surface area contributed by atoms with Gasteiger partial charge in [-0.15, -0.1) is 0 Å². The smallest absolute Gasteiger partial charge is 0.306 e. The van der Waals surface area contributed by atoms with Crippen molar-refractivity contribution >= 4 is 5.97 Å². The van der Waals surface area contributed by atoms with Crippen LogP contribution in [0.3, 0.4) is 0 Å². The van der Waals surface area contributed by atoms with Crippen molar-refractivity contribution in [2.24, 2.45) is 11.8 Å². The average molecular weight is 188 g/mol. The van der Waals surface area contributed by atoms with Gasteiger partial charge in [0.2, 0.25) is 0 Å². The number of hydrogen-bond donors (Lipinski definition) is 1. The van der Waals surface area contributed by atoms with Crippen molar-refractivity contribution in [3.05, 3.63) is 0 Å². The van der Waals surface area contributed by atoms with Crippen molar-refractivity contribution < 1.29 is 14.6 Å². The van der Waals surface area contributed by atoms with E-state index in [0.29, 0.717) is 13.0 Å². The summed E-state index contributed by atoms with van der Waals surface area (Å²) in [6, 6.07) is 0. The molecule has 0 saturated heterocycles. The van der Waals surface area contributed by atoms with E-state index in [4.69, 9.17) is 9.84 Å². The second-order valence-electron chi connectivity index (χ2n) is 3.90. The van der Waals surface area contributed by atoms with Crippen LogP contribution >= 0.6 is 0 Å². The first-order valence-corrected chi connectivity index (χ1v) is 4.79. The predicted octanol–water partition coefficient (Wildman–Crippen LogP) is 2.16. The Balaban J connectivity index is 3.77. The van der Waals surface area contributed by atoms with Gasteiger partial charge in [0, 0.05) is 6.61 Å². The molecule has 1 unspecified atom stereocenters. The van der Waals surface area contributed by atoms with Crippen LogP contribution in [0.1, 0.15) is 34.1 Å². The summed E-state index contributed by atoms with van der Waals surface area (Å²) >= 11 is 0. The van der Waals surface area contributed by atoms with Crippen LogP contribution < -0.4 is 0 Å². The van der Waals surface area contributed by atoms with Crippen LogP contribution in [0.25, 0.3) is 0 Å². The van der Waals surface area contributed by atoms with Gasteiger partial charge in [-0.1, -0.05) is 13.8 Å². The quantitative estimate of drug-likeness (QED) is 0.694. The first kappa shape index (κ1) is 12.4. The molecule has 13 heavy (non-hydrogen) atoms. The van der Waals surface area contributed by atoms with Crippen molar-refractivity contribution in [1.29, 1.82) is 0 Å². The second kappa shape index (κ2) is 5.97. The Kier molecular flexibility index (Phi) is 5.71. The maximum Gasteiger partial charge on any atom is 0.306 e. The minimum absolute atomic E-state index is 0.174. The Morgan fingerprint density at radius 3 is 2.15 bits per heavy atom. The van der Waals surface area contributed by atoms with Crippen LogP contribution in [0.5, 0.6) is 0 Å². The molecule has 78 valence electrons. The standard InChI is InChI=1S/C10H20O3/c1-7(2)9(10(11)12)5-6-13-8(3)4/h7-9H,5-6H2,1-4H3,(H,11,12). The van der Waals surface area contributed by atoms with Gasteiger partial charge in [0.25, 0.3) is 0 Å². The molecule has 1 atom stereocenters. The molecule has 0 saturated carbocycles. The van der Waals surface area contributed by atoms with E-state index in [1.807, 2.05) is 27.7 Å². The zero-order valence-corrected chi connectivity index (χ0v) is 8.91. The minimum atomic E-state index is -0.720. The maximum absolute atomic E-state index is 10.8. The molecule has 0 amide bonds. The highest BCUT2D eigenvalue weighted by atomic mass is 16.5. The lowest BCUT2D eigenvalue weighted by Crippen LogP contribution is -2.22. The number of carbonyl (C=O) groups is 1. The van der Waals surface area contributed by atoms with Crippen LogP contribution in [0.2, 0.25) is 0 Å². The predicted molar refractivity (Wildman–Crippen MR) is 51.7 cm³/mol. The van der Waals surface area contributed by atoms with E-state index in [1.54, 1.807) is 0 Å². The fraction of sp³-hybridized carbons (Fsp3) is 0.900. The summed E-state index contributed by atoms with van der Waals surface area (Å²) < 4.78 is 5.31. The number of carboxylic acid groups (broad SMARTS) is 1. The third-order valence-electron chi connectivity index (χ3n) is 2.00. The van der Waals surface area contributed by atoms with Gasteiger partial charge in [-0.2, -0.15) is 0 Å². The van der Waals surface area contributed by atoms with E-state index in [1.165, 1.54) is 0 Å². The van der Waals surface area contributed by atoms with Gasteiger partial charge in [-0.25, -0.2) is 0 Å². The topological polar surface area (TPSA) is 46.5 Å². The Morgan fingerprint density at radius 2 is 1.85 bits per heavy atom. The molecule has 0 aromatic heterocycles. The fourth-order valence-corrected chi connectivity index (χ4v) is 1.17. The van der Waals surface area contributed by atoms with Gasteiger partial charge < -0.3 is 9.84 Å². The summed E-state index contributed by atoms with van der Waals surface area (Å²) in [5, 5.41) is 8.85. The fourth-order valence-electron chi connectivity index (χ4n) is 1.17. The van der Waals surface area contributed by atoms with E-state index >= 15 is 0 Å². The maximum atomic E-state index is 10.8. The second-order valence-corrected chi connectivity index (χ2v) is 3.90. The van der Waals surface area contributed by atoms with Gasteiger partial charge in [0.1, 0.15) is 0 Å². The number of aliphatic carboxylic acids is 1. The zero-order valence-electron chi connectivity index (χ0n) is 8.91. The third-order valence-corrected chi connectivity index (χ3v) is 2.00. The SMILES string of the molecule is CC(C)OCCC(C(=O)O)C(C)C. The number of ether oxygens (including phenoxy) is 1. The number of carboxylic acids is 1. The van der Waals surface area contributed by atoms with E-state index in [2.05, 4.69) is 0 Å². The van der Waals surface area contributed by atoms with Gasteiger partial charge in [0.05, 0.1) is 12.0 Å². The molecule has 1 N–H and O–H groups in total. The van der Waals surface area contributed by atoms with Crippen LogP contribution in [-0.2, 0) is 9.53 Å². The highest BCUT2D eigenvalue weighted by Crippen LogP contribution is 2.15. The molecule has 0 spiro atoms. The monoisotopic (exact) mass is 188 g/mol. The van der Waals surface area contributed by atoms with Crippen molar-refractivity contribution in [1.82, 2.24) is 0 Å². The number of hydrogen-bond acceptors (Lipinski definition) is 2. The van der Waals surface area contributed by atoms with Gasteiger partial charge in [0.15, 0.2) is 0 Å². The van der Waals surface area contributed by atoms with Crippen molar-refractivity contribution in [3.8, 4) is 0 Å². The molecule has 0 aromatic carbocycles. The molecular formula is C10H20O3. The van der Waals surface area contributed by atoms with Gasteiger partial charge >= 0.3 is 5.97 Å². The van der Waals surface area contributed by atoms with Crippen LogP contribution in [-0.4, -0.2) is 23.8 Å². The molecule has 0 aliphatic rings. The summed E-state index contributed by atoms with van der Waals surface area (Å²) in [5.41, 5.74) is 0. The Hall–Kier alpha value is -0.570. The van der Waals surface area contributed by atoms with Gasteiger partial charge in [-0.3, -0.25) is 4.79 Å². The molecule has 0 bridgehead atoms. The van der Waals surface area contributed by atoms with Crippen molar-refractivity contribution in [2.45, 2.75) is 40.2 Å². The molecule has 0 fully saturated rings. The molecule has 0 rings (SSSR count). The lowest BCUT2D eigenvalue weighted by molar-refractivity contribution is -0.144. The lowest BCUT2D eigenvalue weighted by Gasteiger charge is -2.16. The summed E-state index contributed by atoms with van der Waals surface area (Å²) in [5.74, 6) is -0.825. The molecule has 3 heteroatoms. The van der Waals surface area contributed by atoms with Crippen molar-refractivity contribution in [2.75, 3.05) is 6.61 Å². The van der Waals surface area contributed by atoms with Crippen LogP contribution in [0.4, 0.5) is 0 Å². The lowest BCUT2D eigenvalue weighted by atomic mass is 9.93. The normalized spacial score (nSPS) is 13.7. The average Bonchev–Trinajstić information content (AvgIpc) is 1.95. The first-order valence-electron chi connectivity index (χ1n) is 4.79. The summed E-state index contributed by atoms with van der Waals surface area (Å²) in [4.78, 5) is 10.8. The first-order chi connectivity index (χ1) is 5.95. The highest BCUT2D eigenvalue weighted by molar-refractivity contribution is 5.70. The van der Waals surface area contributed by atoms with E-state index < -0.39 is 5.97 Å². The molecule has 0 radical (unpaired) electrons. The largest absolute Gasteiger partial charge is 0.481 e. The summed E-state index contributed by atoms with van der Waals surface area (Å²) in [6.07, 6.45) is 0.784. The van der Waals surface area contributed by atoms with Crippen LogP contribution in [0, 0.1) is 11.8 Å². The number of rotatable bonds is 6. The summed E-state index contributed by atoms with van der Waals surface area (Å²) in [6.45, 7) is 8.28. The van der Waals surface area contributed by atoms with Gasteiger partial charge in [-0.05, 0) is 26.2 Å². The highest BCUT2D eigenvalue weighted by Gasteiger charge is 2.20. The summed E-state index contributed by atoms with van der Waals surface area (Å²) in [7, 11) is 0. The zero-order chi connectivity index (χ0) is 10.4. The Bertz CT molecular complexity index is 152. The van der Waals surface area contributed by atoms with E-state index in [9.17, 15) is 4.79 Å². The van der Waals surface area contributed by atoms with Crippen LogP contribution in [0.15, 0.2) is 0 Å². The molecule has 0 aliphatic carbocycles. The molecule has 0 aliphatic heterocycles. The molecule has 0 heterocycles. The third kappa shape index (κ3) is 5.64. The molecule has 0 aromatic rings. The molecular weight excluding hydrogens is 168 g/mol.